The number of unbranched alkanes of at least 4 members (excludes halogenated alkanes) is 1. The van der Waals surface area contributed by atoms with Gasteiger partial charge >= 0.3 is 0 Å². The molecule has 2 heterocycles. The third-order valence-corrected chi connectivity index (χ3v) is 4.74. The highest BCUT2D eigenvalue weighted by molar-refractivity contribution is 7.11. The average molecular weight is 293 g/mol. The minimum absolute atomic E-state index is 0.903. The van der Waals surface area contributed by atoms with Crippen LogP contribution >= 0.6 is 11.3 Å². The van der Waals surface area contributed by atoms with E-state index >= 15 is 0 Å². The van der Waals surface area contributed by atoms with E-state index in [1.54, 1.807) is 11.1 Å². The van der Waals surface area contributed by atoms with Crippen LogP contribution in [0.15, 0.2) is 23.1 Å². The Bertz CT molecular complexity index is 389. The molecule has 2 nitrogen and oxygen atoms in total. The Morgan fingerprint density at radius 2 is 2.05 bits per heavy atom. The van der Waals surface area contributed by atoms with Crippen molar-refractivity contribution in [2.24, 2.45) is 0 Å². The van der Waals surface area contributed by atoms with E-state index in [4.69, 9.17) is 4.74 Å². The highest BCUT2D eigenvalue weighted by Gasteiger charge is 2.13. The molecule has 0 unspecified atom stereocenters. The van der Waals surface area contributed by atoms with E-state index in [-0.39, 0.29) is 0 Å². The van der Waals surface area contributed by atoms with Crippen LogP contribution < -0.4 is 5.32 Å². The van der Waals surface area contributed by atoms with Gasteiger partial charge in [-0.3, -0.25) is 0 Å². The summed E-state index contributed by atoms with van der Waals surface area (Å²) in [5, 5.41) is 5.64. The summed E-state index contributed by atoms with van der Waals surface area (Å²) in [7, 11) is 0. The van der Waals surface area contributed by atoms with Crippen molar-refractivity contribution in [3.63, 3.8) is 0 Å². The van der Waals surface area contributed by atoms with Crippen molar-refractivity contribution in [3.05, 3.63) is 28.0 Å². The molecule has 0 bridgehead atoms. The van der Waals surface area contributed by atoms with E-state index < -0.39 is 0 Å². The van der Waals surface area contributed by atoms with E-state index in [9.17, 15) is 0 Å². The van der Waals surface area contributed by atoms with Crippen LogP contribution in [0.25, 0.3) is 5.57 Å². The average Bonchev–Trinajstić information content (AvgIpc) is 3.01. The molecular weight excluding hydrogens is 266 g/mol. The summed E-state index contributed by atoms with van der Waals surface area (Å²) in [6, 6.07) is 4.44. The third kappa shape index (κ3) is 5.04. The number of ether oxygens (including phenoxy) is 1. The lowest BCUT2D eigenvalue weighted by Gasteiger charge is -2.20. The molecule has 0 saturated carbocycles. The van der Waals surface area contributed by atoms with E-state index in [0.717, 1.165) is 32.7 Å². The molecule has 0 radical (unpaired) electrons. The molecule has 1 fully saturated rings. The summed E-state index contributed by atoms with van der Waals surface area (Å²) in [5.41, 5.74) is 3.26. The van der Waals surface area contributed by atoms with Crippen LogP contribution in [0.4, 0.5) is 0 Å². The number of piperidine rings is 1. The fourth-order valence-corrected chi connectivity index (χ4v) is 3.50. The lowest BCUT2D eigenvalue weighted by atomic mass is 9.95. The molecule has 1 aliphatic heterocycles. The maximum Gasteiger partial charge on any atom is 0.0469 e. The first kappa shape index (κ1) is 15.7. The molecule has 0 spiro atoms. The molecule has 0 aromatic carbocycles. The zero-order valence-corrected chi connectivity index (χ0v) is 13.4. The minimum atomic E-state index is 0.903. The first-order valence-corrected chi connectivity index (χ1v) is 8.83. The summed E-state index contributed by atoms with van der Waals surface area (Å²) in [5.74, 6) is 0. The van der Waals surface area contributed by atoms with Gasteiger partial charge in [0, 0.05) is 18.1 Å². The Balaban J connectivity index is 1.87. The Hall–Kier alpha value is -0.640. The lowest BCUT2D eigenvalue weighted by Crippen LogP contribution is -2.23. The molecule has 0 aliphatic carbocycles. The zero-order chi connectivity index (χ0) is 14.0. The zero-order valence-electron chi connectivity index (χ0n) is 12.6. The van der Waals surface area contributed by atoms with Gasteiger partial charge < -0.3 is 10.1 Å². The second-order valence-corrected chi connectivity index (χ2v) is 6.33. The standard InChI is InChI=1S/C17H27NOS/c1-2-3-12-19-13-4-6-16(17-7-5-14-20-17)15-8-10-18-11-9-15/h5,7,14,18H,2-4,6,8-13H2,1H3. The molecule has 3 heteroatoms. The molecule has 20 heavy (non-hydrogen) atoms. The summed E-state index contributed by atoms with van der Waals surface area (Å²) in [6.07, 6.45) is 7.14. The predicted octanol–water partition coefficient (Wildman–Crippen LogP) is 4.48. The summed E-state index contributed by atoms with van der Waals surface area (Å²) >= 11 is 1.88. The molecule has 1 N–H and O–H groups in total. The quantitative estimate of drug-likeness (QED) is 0.713. The van der Waals surface area contributed by atoms with Crippen LogP contribution in [-0.2, 0) is 4.74 Å². The molecule has 1 aliphatic rings. The van der Waals surface area contributed by atoms with E-state index in [2.05, 4.69) is 29.8 Å². The van der Waals surface area contributed by atoms with Crippen LogP contribution in [0.3, 0.4) is 0 Å². The Morgan fingerprint density at radius 1 is 1.25 bits per heavy atom. The first-order valence-electron chi connectivity index (χ1n) is 7.95. The highest BCUT2D eigenvalue weighted by atomic mass is 32.1. The topological polar surface area (TPSA) is 21.3 Å². The summed E-state index contributed by atoms with van der Waals surface area (Å²) in [4.78, 5) is 1.47. The SMILES string of the molecule is CCCCOCCCC(=C1CCNCC1)c1cccs1. The van der Waals surface area contributed by atoms with Crippen molar-refractivity contribution in [2.75, 3.05) is 26.3 Å². The molecule has 1 aromatic heterocycles. The van der Waals surface area contributed by atoms with Crippen LogP contribution in [0, 0.1) is 0 Å². The first-order chi connectivity index (χ1) is 9.92. The smallest absolute Gasteiger partial charge is 0.0469 e. The van der Waals surface area contributed by atoms with Gasteiger partial charge in [0.25, 0.3) is 0 Å². The van der Waals surface area contributed by atoms with Gasteiger partial charge in [-0.2, -0.15) is 0 Å². The second kappa shape index (κ2) is 9.32. The fourth-order valence-electron chi connectivity index (χ4n) is 2.65. The Morgan fingerprint density at radius 3 is 2.75 bits per heavy atom. The fraction of sp³-hybridized carbons (Fsp3) is 0.647. The van der Waals surface area contributed by atoms with Gasteiger partial charge in [0.2, 0.25) is 0 Å². The van der Waals surface area contributed by atoms with Crippen molar-refractivity contribution >= 4 is 16.9 Å². The largest absolute Gasteiger partial charge is 0.381 e. The van der Waals surface area contributed by atoms with Crippen molar-refractivity contribution in [3.8, 4) is 0 Å². The normalized spacial score (nSPS) is 15.6. The Labute approximate surface area is 127 Å². The van der Waals surface area contributed by atoms with E-state index in [1.807, 2.05) is 11.3 Å². The molecule has 0 amide bonds. The van der Waals surface area contributed by atoms with E-state index in [1.165, 1.54) is 37.0 Å². The summed E-state index contributed by atoms with van der Waals surface area (Å²) < 4.78 is 5.70. The summed E-state index contributed by atoms with van der Waals surface area (Å²) in [6.45, 7) is 6.31. The monoisotopic (exact) mass is 293 g/mol. The number of hydrogen-bond acceptors (Lipinski definition) is 3. The lowest BCUT2D eigenvalue weighted by molar-refractivity contribution is 0.130. The van der Waals surface area contributed by atoms with Crippen molar-refractivity contribution in [1.29, 1.82) is 0 Å². The molecule has 112 valence electrons. The minimum Gasteiger partial charge on any atom is -0.381 e. The van der Waals surface area contributed by atoms with Gasteiger partial charge in [0.15, 0.2) is 0 Å². The van der Waals surface area contributed by atoms with Crippen LogP contribution in [0.1, 0.15) is 50.3 Å². The van der Waals surface area contributed by atoms with Crippen molar-refractivity contribution in [1.82, 2.24) is 5.32 Å². The number of hydrogen-bond donors (Lipinski definition) is 1. The Kier molecular flexibility index (Phi) is 7.34. The highest BCUT2D eigenvalue weighted by Crippen LogP contribution is 2.31. The predicted molar refractivity (Wildman–Crippen MR) is 88.3 cm³/mol. The van der Waals surface area contributed by atoms with Gasteiger partial charge in [-0.25, -0.2) is 0 Å². The van der Waals surface area contributed by atoms with Gasteiger partial charge in [0.05, 0.1) is 0 Å². The van der Waals surface area contributed by atoms with Crippen LogP contribution in [0.5, 0.6) is 0 Å². The number of thiophene rings is 1. The van der Waals surface area contributed by atoms with Gasteiger partial charge in [-0.05, 0) is 62.2 Å². The number of allylic oxidation sites excluding steroid dienone is 1. The second-order valence-electron chi connectivity index (χ2n) is 5.38. The molecule has 2 rings (SSSR count). The maximum absolute atomic E-state index is 5.70. The molecule has 1 saturated heterocycles. The van der Waals surface area contributed by atoms with Gasteiger partial charge in [-0.1, -0.05) is 25.0 Å². The maximum atomic E-state index is 5.70. The van der Waals surface area contributed by atoms with E-state index in [0.29, 0.717) is 0 Å². The van der Waals surface area contributed by atoms with Crippen molar-refractivity contribution in [2.45, 2.75) is 45.4 Å². The van der Waals surface area contributed by atoms with Gasteiger partial charge in [0.1, 0.15) is 0 Å². The van der Waals surface area contributed by atoms with Crippen molar-refractivity contribution < 1.29 is 4.74 Å². The number of nitrogens with one attached hydrogen (secondary N) is 1. The van der Waals surface area contributed by atoms with Crippen LogP contribution in [-0.4, -0.2) is 26.3 Å². The number of rotatable bonds is 8. The molecule has 1 aromatic rings. The van der Waals surface area contributed by atoms with Crippen LogP contribution in [0.2, 0.25) is 0 Å². The van der Waals surface area contributed by atoms with Gasteiger partial charge in [-0.15, -0.1) is 11.3 Å². The third-order valence-electron chi connectivity index (χ3n) is 3.81. The molecular formula is C17H27NOS. The molecule has 0 atom stereocenters.